The average Bonchev–Trinajstić information content (AvgIpc) is 2.91. The lowest BCUT2D eigenvalue weighted by Gasteiger charge is -2.21. The fraction of sp³-hybridized carbons (Fsp3) is 0.667. The van der Waals surface area contributed by atoms with Gasteiger partial charge in [-0.3, -0.25) is 9.59 Å². The summed E-state index contributed by atoms with van der Waals surface area (Å²) in [5.74, 6) is -1.07. The molecule has 1 aliphatic rings. The molecule has 1 aliphatic carbocycles. The summed E-state index contributed by atoms with van der Waals surface area (Å²) in [6, 6.07) is 0.477. The van der Waals surface area contributed by atoms with Gasteiger partial charge in [0.25, 0.3) is 5.91 Å². The number of thioether (sulfide) groups is 1. The summed E-state index contributed by atoms with van der Waals surface area (Å²) in [6.07, 6.45) is 6.15. The Morgan fingerprint density at radius 2 is 2.10 bits per heavy atom. The van der Waals surface area contributed by atoms with E-state index >= 15 is 0 Å². The third kappa shape index (κ3) is 5.88. The van der Waals surface area contributed by atoms with E-state index in [1.165, 1.54) is 55.2 Å². The Morgan fingerprint density at radius 3 is 2.81 bits per heavy atom. The lowest BCUT2D eigenvalue weighted by Crippen LogP contribution is -2.21. The first kappa shape index (κ1) is 16.0. The number of primary amides is 1. The summed E-state index contributed by atoms with van der Waals surface area (Å²) >= 11 is 2.66. The smallest absolute Gasteiger partial charge is 0.316 e. The fourth-order valence-corrected chi connectivity index (χ4v) is 3.69. The van der Waals surface area contributed by atoms with Crippen LogP contribution in [0.15, 0.2) is 4.34 Å². The van der Waals surface area contributed by atoms with Crippen LogP contribution in [0.3, 0.4) is 0 Å². The zero-order valence-corrected chi connectivity index (χ0v) is 13.2. The predicted octanol–water partition coefficient (Wildman–Crippen LogP) is 1.40. The molecule has 0 atom stereocenters. The van der Waals surface area contributed by atoms with Crippen molar-refractivity contribution in [2.24, 2.45) is 5.73 Å². The van der Waals surface area contributed by atoms with Crippen LogP contribution in [0.25, 0.3) is 0 Å². The van der Waals surface area contributed by atoms with Gasteiger partial charge in [-0.2, -0.15) is 0 Å². The molecule has 0 radical (unpaired) electrons. The maximum Gasteiger partial charge on any atom is 0.316 e. The summed E-state index contributed by atoms with van der Waals surface area (Å²) in [7, 11) is 0. The Morgan fingerprint density at radius 1 is 1.33 bits per heavy atom. The SMILES string of the molecule is NC(=O)COC(=O)CSc1nnc(NC2CCCCC2)s1. The summed E-state index contributed by atoms with van der Waals surface area (Å²) in [6.45, 7) is -0.385. The molecule has 2 rings (SSSR count). The molecular weight excluding hydrogens is 312 g/mol. The highest BCUT2D eigenvalue weighted by Crippen LogP contribution is 2.28. The molecule has 21 heavy (non-hydrogen) atoms. The average molecular weight is 330 g/mol. The summed E-state index contributed by atoms with van der Waals surface area (Å²) in [5.41, 5.74) is 4.89. The van der Waals surface area contributed by atoms with Gasteiger partial charge in [-0.15, -0.1) is 10.2 Å². The van der Waals surface area contributed by atoms with E-state index < -0.39 is 11.9 Å². The molecule has 116 valence electrons. The fourth-order valence-electron chi connectivity index (χ4n) is 2.06. The van der Waals surface area contributed by atoms with E-state index in [-0.39, 0.29) is 12.4 Å². The molecule has 1 aromatic heterocycles. The highest BCUT2D eigenvalue weighted by molar-refractivity contribution is 8.01. The number of nitrogens with one attached hydrogen (secondary N) is 1. The van der Waals surface area contributed by atoms with E-state index in [9.17, 15) is 9.59 Å². The minimum Gasteiger partial charge on any atom is -0.455 e. The topological polar surface area (TPSA) is 107 Å². The molecule has 0 unspecified atom stereocenters. The second-order valence-electron chi connectivity index (χ2n) is 4.77. The molecule has 1 heterocycles. The minimum absolute atomic E-state index is 0.0886. The van der Waals surface area contributed by atoms with Gasteiger partial charge in [-0.05, 0) is 12.8 Å². The van der Waals surface area contributed by atoms with E-state index in [1.807, 2.05) is 0 Å². The van der Waals surface area contributed by atoms with Gasteiger partial charge in [0.1, 0.15) is 0 Å². The van der Waals surface area contributed by atoms with Crippen molar-refractivity contribution in [1.82, 2.24) is 10.2 Å². The maximum atomic E-state index is 11.3. The molecule has 1 amide bonds. The van der Waals surface area contributed by atoms with Crippen LogP contribution in [0.1, 0.15) is 32.1 Å². The zero-order valence-electron chi connectivity index (χ0n) is 11.5. The van der Waals surface area contributed by atoms with Crippen LogP contribution in [-0.2, 0) is 14.3 Å². The summed E-state index contributed by atoms with van der Waals surface area (Å²) in [4.78, 5) is 21.8. The molecule has 3 N–H and O–H groups in total. The summed E-state index contributed by atoms with van der Waals surface area (Å²) < 4.78 is 5.36. The number of hydrogen-bond acceptors (Lipinski definition) is 8. The van der Waals surface area contributed by atoms with Crippen molar-refractivity contribution < 1.29 is 14.3 Å². The normalized spacial score (nSPS) is 15.6. The van der Waals surface area contributed by atoms with E-state index in [1.54, 1.807) is 0 Å². The van der Waals surface area contributed by atoms with Crippen molar-refractivity contribution in [2.75, 3.05) is 17.7 Å². The van der Waals surface area contributed by atoms with Crippen LogP contribution in [0.5, 0.6) is 0 Å². The highest BCUT2D eigenvalue weighted by atomic mass is 32.2. The third-order valence-corrected chi connectivity index (χ3v) is 4.99. The molecule has 0 aliphatic heterocycles. The molecule has 0 spiro atoms. The molecule has 1 fully saturated rings. The Hall–Kier alpha value is -1.35. The zero-order chi connectivity index (χ0) is 15.1. The minimum atomic E-state index is -0.664. The monoisotopic (exact) mass is 330 g/mol. The molecule has 1 aromatic rings. The van der Waals surface area contributed by atoms with Crippen molar-refractivity contribution in [3.63, 3.8) is 0 Å². The van der Waals surface area contributed by atoms with Gasteiger partial charge in [0.2, 0.25) is 5.13 Å². The van der Waals surface area contributed by atoms with Crippen LogP contribution in [0.4, 0.5) is 5.13 Å². The van der Waals surface area contributed by atoms with Gasteiger partial charge in [0.05, 0.1) is 5.75 Å². The Kier molecular flexibility index (Phi) is 6.24. The number of ether oxygens (including phenoxy) is 1. The standard InChI is InChI=1S/C12H18N4O3S2/c13-9(17)6-19-10(18)7-20-12-16-15-11(21-12)14-8-4-2-1-3-5-8/h8H,1-7H2,(H2,13,17)(H,14,15). The lowest BCUT2D eigenvalue weighted by atomic mass is 9.96. The van der Waals surface area contributed by atoms with Crippen LogP contribution in [0, 0.1) is 0 Å². The Bertz CT molecular complexity index is 489. The van der Waals surface area contributed by atoms with E-state index in [0.717, 1.165) is 5.13 Å². The van der Waals surface area contributed by atoms with Gasteiger partial charge in [-0.25, -0.2) is 0 Å². The second-order valence-corrected chi connectivity index (χ2v) is 6.97. The van der Waals surface area contributed by atoms with Crippen LogP contribution < -0.4 is 11.1 Å². The molecule has 0 saturated heterocycles. The van der Waals surface area contributed by atoms with Crippen molar-refractivity contribution >= 4 is 40.1 Å². The predicted molar refractivity (Wildman–Crippen MR) is 81.3 cm³/mol. The van der Waals surface area contributed by atoms with Crippen molar-refractivity contribution in [1.29, 1.82) is 0 Å². The largest absolute Gasteiger partial charge is 0.455 e. The van der Waals surface area contributed by atoms with Crippen molar-refractivity contribution in [3.8, 4) is 0 Å². The first-order chi connectivity index (χ1) is 10.1. The Balaban J connectivity index is 1.72. The van der Waals surface area contributed by atoms with E-state index in [2.05, 4.69) is 20.3 Å². The number of nitrogens with two attached hydrogens (primary N) is 1. The number of esters is 1. The second kappa shape index (κ2) is 8.18. The molecular formula is C12H18N4O3S2. The summed E-state index contributed by atoms with van der Waals surface area (Å²) in [5, 5.41) is 12.3. The molecule has 7 nitrogen and oxygen atoms in total. The van der Waals surface area contributed by atoms with Gasteiger partial charge >= 0.3 is 5.97 Å². The van der Waals surface area contributed by atoms with Crippen LogP contribution in [0.2, 0.25) is 0 Å². The number of anilines is 1. The van der Waals surface area contributed by atoms with Crippen molar-refractivity contribution in [2.45, 2.75) is 42.5 Å². The van der Waals surface area contributed by atoms with Gasteiger partial charge in [0.15, 0.2) is 10.9 Å². The number of rotatable bonds is 7. The number of aromatic nitrogens is 2. The molecule has 0 bridgehead atoms. The molecule has 0 aromatic carbocycles. The van der Waals surface area contributed by atoms with Crippen molar-refractivity contribution in [3.05, 3.63) is 0 Å². The quantitative estimate of drug-likeness (QED) is 0.575. The van der Waals surface area contributed by atoms with E-state index in [4.69, 9.17) is 5.73 Å². The van der Waals surface area contributed by atoms with Gasteiger partial charge in [-0.1, -0.05) is 42.4 Å². The third-order valence-electron chi connectivity index (χ3n) is 3.03. The number of carbonyl (C=O) groups is 2. The number of nitrogens with zero attached hydrogens (tertiary/aromatic N) is 2. The van der Waals surface area contributed by atoms with Gasteiger partial charge in [0, 0.05) is 6.04 Å². The Labute approximate surface area is 131 Å². The maximum absolute atomic E-state index is 11.3. The molecule has 1 saturated carbocycles. The highest BCUT2D eigenvalue weighted by Gasteiger charge is 2.15. The lowest BCUT2D eigenvalue weighted by molar-refractivity contribution is -0.145. The molecule has 9 heteroatoms. The number of carbonyl (C=O) groups excluding carboxylic acids is 2. The van der Waals surface area contributed by atoms with E-state index in [0.29, 0.717) is 10.4 Å². The first-order valence-electron chi connectivity index (χ1n) is 6.80. The van der Waals surface area contributed by atoms with Crippen LogP contribution >= 0.6 is 23.1 Å². The van der Waals surface area contributed by atoms with Gasteiger partial charge < -0.3 is 15.8 Å². The number of hydrogen-bond donors (Lipinski definition) is 2. The first-order valence-corrected chi connectivity index (χ1v) is 8.60. The number of amides is 1. The van der Waals surface area contributed by atoms with Crippen LogP contribution in [-0.4, -0.2) is 40.5 Å².